The van der Waals surface area contributed by atoms with Gasteiger partial charge in [0.2, 0.25) is 5.89 Å². The molecule has 0 atom stereocenters. The lowest BCUT2D eigenvalue weighted by atomic mass is 10.1. The zero-order valence-corrected chi connectivity index (χ0v) is 7.06. The molecule has 1 heterocycles. The maximum absolute atomic E-state index is 5.51. The van der Waals surface area contributed by atoms with Crippen LogP contribution in [-0.2, 0) is 11.3 Å². The first-order valence-corrected chi connectivity index (χ1v) is 4.17. The van der Waals surface area contributed by atoms with Crippen LogP contribution in [0.5, 0.6) is 0 Å². The number of rotatable bonds is 2. The SMILES string of the molecule is CC1(c2noc(CCl)n2)CC1. The highest BCUT2D eigenvalue weighted by Gasteiger charge is 2.43. The third-order valence-corrected chi connectivity index (χ3v) is 2.35. The van der Waals surface area contributed by atoms with Crippen LogP contribution in [0.15, 0.2) is 4.52 Å². The van der Waals surface area contributed by atoms with Gasteiger partial charge in [0, 0.05) is 5.41 Å². The fourth-order valence-electron chi connectivity index (χ4n) is 0.965. The minimum Gasteiger partial charge on any atom is -0.338 e. The third kappa shape index (κ3) is 1.13. The first-order chi connectivity index (χ1) is 5.24. The van der Waals surface area contributed by atoms with Gasteiger partial charge in [-0.2, -0.15) is 4.98 Å². The van der Waals surface area contributed by atoms with Crippen LogP contribution in [0, 0.1) is 0 Å². The molecular formula is C7H9ClN2O. The average molecular weight is 173 g/mol. The van der Waals surface area contributed by atoms with Crippen molar-refractivity contribution in [3.63, 3.8) is 0 Å². The highest BCUT2D eigenvalue weighted by molar-refractivity contribution is 6.16. The molecular weight excluding hydrogens is 164 g/mol. The zero-order chi connectivity index (χ0) is 7.90. The van der Waals surface area contributed by atoms with Crippen LogP contribution in [0.4, 0.5) is 0 Å². The predicted octanol–water partition coefficient (Wildman–Crippen LogP) is 1.86. The predicted molar refractivity (Wildman–Crippen MR) is 40.4 cm³/mol. The summed E-state index contributed by atoms with van der Waals surface area (Å²) in [5.41, 5.74) is 0.188. The van der Waals surface area contributed by atoms with Gasteiger partial charge in [0.15, 0.2) is 5.82 Å². The van der Waals surface area contributed by atoms with Gasteiger partial charge in [-0.15, -0.1) is 11.6 Å². The number of hydrogen-bond donors (Lipinski definition) is 0. The molecule has 0 radical (unpaired) electrons. The van der Waals surface area contributed by atoms with Crippen molar-refractivity contribution in [3.8, 4) is 0 Å². The first-order valence-electron chi connectivity index (χ1n) is 3.64. The number of aromatic nitrogens is 2. The Kier molecular flexibility index (Phi) is 1.42. The van der Waals surface area contributed by atoms with Gasteiger partial charge in [0.05, 0.1) is 0 Å². The maximum atomic E-state index is 5.51. The van der Waals surface area contributed by atoms with Crippen molar-refractivity contribution >= 4 is 11.6 Å². The van der Waals surface area contributed by atoms with Crippen LogP contribution in [0.25, 0.3) is 0 Å². The van der Waals surface area contributed by atoms with Crippen molar-refractivity contribution < 1.29 is 4.52 Å². The molecule has 0 unspecified atom stereocenters. The topological polar surface area (TPSA) is 38.9 Å². The Balaban J connectivity index is 2.25. The highest BCUT2D eigenvalue weighted by atomic mass is 35.5. The fourth-order valence-corrected chi connectivity index (χ4v) is 1.07. The standard InChI is InChI=1S/C7H9ClN2O/c1-7(2-3-7)6-9-5(4-8)11-10-6/h2-4H2,1H3. The van der Waals surface area contributed by atoms with Crippen molar-refractivity contribution in [3.05, 3.63) is 11.7 Å². The molecule has 0 amide bonds. The van der Waals surface area contributed by atoms with Gasteiger partial charge >= 0.3 is 0 Å². The van der Waals surface area contributed by atoms with Gasteiger partial charge in [0.25, 0.3) is 0 Å². The minimum atomic E-state index is 0.188. The Hall–Kier alpha value is -0.570. The lowest BCUT2D eigenvalue weighted by Gasteiger charge is -1.96. The summed E-state index contributed by atoms with van der Waals surface area (Å²) in [4.78, 5) is 4.15. The quantitative estimate of drug-likeness (QED) is 0.640. The van der Waals surface area contributed by atoms with Gasteiger partial charge < -0.3 is 4.52 Å². The molecule has 2 rings (SSSR count). The molecule has 4 heteroatoms. The second-order valence-electron chi connectivity index (χ2n) is 3.21. The molecule has 60 valence electrons. The van der Waals surface area contributed by atoms with Crippen LogP contribution in [0.3, 0.4) is 0 Å². The van der Waals surface area contributed by atoms with E-state index in [1.807, 2.05) is 0 Å². The van der Waals surface area contributed by atoms with E-state index in [2.05, 4.69) is 17.1 Å². The van der Waals surface area contributed by atoms with E-state index in [4.69, 9.17) is 16.1 Å². The highest BCUT2D eigenvalue weighted by Crippen LogP contribution is 2.45. The molecule has 1 saturated carbocycles. The summed E-state index contributed by atoms with van der Waals surface area (Å²) < 4.78 is 4.89. The summed E-state index contributed by atoms with van der Waals surface area (Å²) in [5, 5.41) is 3.85. The van der Waals surface area contributed by atoms with Crippen molar-refractivity contribution in [2.75, 3.05) is 0 Å². The monoisotopic (exact) mass is 172 g/mol. The lowest BCUT2D eigenvalue weighted by Crippen LogP contribution is -2.01. The number of alkyl halides is 1. The van der Waals surface area contributed by atoms with Gasteiger partial charge in [-0.25, -0.2) is 0 Å². The molecule has 0 aliphatic heterocycles. The molecule has 1 aromatic rings. The number of nitrogens with zero attached hydrogens (tertiary/aromatic N) is 2. The van der Waals surface area contributed by atoms with Crippen LogP contribution in [0.2, 0.25) is 0 Å². The Labute approximate surface area is 69.7 Å². The molecule has 3 nitrogen and oxygen atoms in total. The molecule has 0 spiro atoms. The maximum Gasteiger partial charge on any atom is 0.241 e. The van der Waals surface area contributed by atoms with E-state index in [-0.39, 0.29) is 5.41 Å². The van der Waals surface area contributed by atoms with Crippen molar-refractivity contribution in [1.29, 1.82) is 0 Å². The first kappa shape index (κ1) is 7.10. The number of halogens is 1. The smallest absolute Gasteiger partial charge is 0.241 e. The van der Waals surface area contributed by atoms with Gasteiger partial charge in [-0.1, -0.05) is 12.1 Å². The molecule has 0 N–H and O–H groups in total. The summed E-state index contributed by atoms with van der Waals surface area (Å²) >= 11 is 5.51. The fraction of sp³-hybridized carbons (Fsp3) is 0.714. The molecule has 1 fully saturated rings. The largest absolute Gasteiger partial charge is 0.338 e. The third-order valence-electron chi connectivity index (χ3n) is 2.12. The average Bonchev–Trinajstić information content (AvgIpc) is 2.61. The van der Waals surface area contributed by atoms with E-state index in [1.54, 1.807) is 0 Å². The second-order valence-corrected chi connectivity index (χ2v) is 3.47. The van der Waals surface area contributed by atoms with E-state index in [1.165, 1.54) is 0 Å². The van der Waals surface area contributed by atoms with E-state index >= 15 is 0 Å². The van der Waals surface area contributed by atoms with Crippen molar-refractivity contribution in [2.45, 2.75) is 31.1 Å². The Morgan fingerprint density at radius 1 is 1.64 bits per heavy atom. The minimum absolute atomic E-state index is 0.188. The molecule has 0 bridgehead atoms. The zero-order valence-electron chi connectivity index (χ0n) is 6.30. The van der Waals surface area contributed by atoms with Crippen LogP contribution < -0.4 is 0 Å². The van der Waals surface area contributed by atoms with Gasteiger partial charge in [0.1, 0.15) is 5.88 Å². The van der Waals surface area contributed by atoms with Crippen LogP contribution >= 0.6 is 11.6 Å². The summed E-state index contributed by atoms with van der Waals surface area (Å²) in [6.45, 7) is 2.13. The normalized spacial score (nSPS) is 20.2. The summed E-state index contributed by atoms with van der Waals surface area (Å²) in [6, 6.07) is 0. The van der Waals surface area contributed by atoms with Crippen molar-refractivity contribution in [1.82, 2.24) is 10.1 Å². The van der Waals surface area contributed by atoms with E-state index in [0.29, 0.717) is 11.8 Å². The number of hydrogen-bond acceptors (Lipinski definition) is 3. The Morgan fingerprint density at radius 2 is 2.36 bits per heavy atom. The molecule has 0 saturated heterocycles. The van der Waals surface area contributed by atoms with Crippen LogP contribution in [-0.4, -0.2) is 10.1 Å². The summed E-state index contributed by atoms with van der Waals surface area (Å²) in [6.07, 6.45) is 2.32. The van der Waals surface area contributed by atoms with E-state index < -0.39 is 0 Å². The van der Waals surface area contributed by atoms with E-state index in [9.17, 15) is 0 Å². The lowest BCUT2D eigenvalue weighted by molar-refractivity contribution is 0.380. The van der Waals surface area contributed by atoms with Gasteiger partial charge in [-0.3, -0.25) is 0 Å². The summed E-state index contributed by atoms with van der Waals surface area (Å²) in [7, 11) is 0. The Bertz CT molecular complexity index is 267. The molecule has 1 aromatic heterocycles. The Morgan fingerprint density at radius 3 is 2.82 bits per heavy atom. The van der Waals surface area contributed by atoms with Crippen molar-refractivity contribution in [2.24, 2.45) is 0 Å². The van der Waals surface area contributed by atoms with Crippen LogP contribution in [0.1, 0.15) is 31.5 Å². The molecule has 0 aromatic carbocycles. The molecule has 11 heavy (non-hydrogen) atoms. The molecule has 1 aliphatic rings. The summed E-state index contributed by atoms with van der Waals surface area (Å²) in [5.74, 6) is 1.64. The second kappa shape index (κ2) is 2.21. The van der Waals surface area contributed by atoms with Gasteiger partial charge in [-0.05, 0) is 12.8 Å². The van der Waals surface area contributed by atoms with E-state index in [0.717, 1.165) is 18.7 Å². The molecule has 1 aliphatic carbocycles.